The van der Waals surface area contributed by atoms with E-state index in [9.17, 15) is 0 Å². The second-order valence-electron chi connectivity index (χ2n) is 5.01. The highest BCUT2D eigenvalue weighted by Gasteiger charge is 2.24. The van der Waals surface area contributed by atoms with Crippen LogP contribution in [0.2, 0.25) is 10.0 Å². The van der Waals surface area contributed by atoms with Gasteiger partial charge < -0.3 is 5.32 Å². The number of likely N-dealkylation sites (N-methyl/N-ethyl adjacent to an activating group) is 1. The topological polar surface area (TPSA) is 12.0 Å². The fourth-order valence-electron chi connectivity index (χ4n) is 2.60. The first-order valence-corrected chi connectivity index (χ1v) is 8.80. The van der Waals surface area contributed by atoms with Crippen molar-refractivity contribution in [3.63, 3.8) is 0 Å². The van der Waals surface area contributed by atoms with Crippen molar-refractivity contribution in [3.8, 4) is 0 Å². The summed E-state index contributed by atoms with van der Waals surface area (Å²) in [6, 6.07) is 6.34. The largest absolute Gasteiger partial charge is 0.313 e. The molecule has 1 aliphatic heterocycles. The summed E-state index contributed by atoms with van der Waals surface area (Å²) in [5.41, 5.74) is 1.20. The highest BCUT2D eigenvalue weighted by Crippen LogP contribution is 2.30. The molecule has 2 atom stereocenters. The van der Waals surface area contributed by atoms with Gasteiger partial charge in [-0.15, -0.1) is 0 Å². The summed E-state index contributed by atoms with van der Waals surface area (Å²) in [7, 11) is 0. The van der Waals surface area contributed by atoms with E-state index < -0.39 is 0 Å². The molecule has 1 N–H and O–H groups in total. The van der Waals surface area contributed by atoms with Crippen molar-refractivity contribution >= 4 is 35.0 Å². The highest BCUT2D eigenvalue weighted by molar-refractivity contribution is 8.00. The molecular formula is C15H21Cl2NS. The molecule has 1 fully saturated rings. The van der Waals surface area contributed by atoms with E-state index in [0.29, 0.717) is 16.3 Å². The first-order chi connectivity index (χ1) is 9.20. The van der Waals surface area contributed by atoms with Gasteiger partial charge in [0.2, 0.25) is 0 Å². The summed E-state index contributed by atoms with van der Waals surface area (Å²) in [6.45, 7) is 3.18. The molecular weight excluding hydrogens is 297 g/mol. The summed E-state index contributed by atoms with van der Waals surface area (Å²) in [5.74, 6) is 1.29. The van der Waals surface area contributed by atoms with E-state index in [-0.39, 0.29) is 0 Å². The van der Waals surface area contributed by atoms with Gasteiger partial charge in [-0.05, 0) is 49.3 Å². The molecule has 0 aliphatic carbocycles. The fraction of sp³-hybridized carbons (Fsp3) is 0.600. The van der Waals surface area contributed by atoms with Gasteiger partial charge in [-0.2, -0.15) is 11.8 Å². The Kier molecular flexibility index (Phi) is 6.34. The summed E-state index contributed by atoms with van der Waals surface area (Å²) >= 11 is 14.4. The Balaban J connectivity index is 2.06. The molecule has 1 aromatic rings. The number of benzene rings is 1. The monoisotopic (exact) mass is 317 g/mol. The van der Waals surface area contributed by atoms with Gasteiger partial charge in [-0.3, -0.25) is 0 Å². The predicted octanol–water partition coefficient (Wildman–Crippen LogP) is 4.80. The maximum Gasteiger partial charge on any atom is 0.0453 e. The van der Waals surface area contributed by atoms with Crippen molar-refractivity contribution in [1.29, 1.82) is 0 Å². The first-order valence-electron chi connectivity index (χ1n) is 6.99. The molecule has 1 nitrogen and oxygen atoms in total. The van der Waals surface area contributed by atoms with Crippen LogP contribution in [0.4, 0.5) is 0 Å². The van der Waals surface area contributed by atoms with E-state index in [0.717, 1.165) is 18.0 Å². The van der Waals surface area contributed by atoms with Crippen LogP contribution in [0, 0.1) is 0 Å². The van der Waals surface area contributed by atoms with Gasteiger partial charge in [0.05, 0.1) is 0 Å². The number of rotatable bonds is 5. The maximum absolute atomic E-state index is 6.29. The highest BCUT2D eigenvalue weighted by atomic mass is 35.5. The lowest BCUT2D eigenvalue weighted by atomic mass is 9.99. The predicted molar refractivity (Wildman–Crippen MR) is 87.7 cm³/mol. The zero-order valence-electron chi connectivity index (χ0n) is 11.3. The van der Waals surface area contributed by atoms with Crippen LogP contribution in [-0.4, -0.2) is 23.6 Å². The molecule has 0 aromatic heterocycles. The van der Waals surface area contributed by atoms with Crippen molar-refractivity contribution in [2.24, 2.45) is 0 Å². The molecule has 0 spiro atoms. The Bertz CT molecular complexity index is 405. The Morgan fingerprint density at radius 3 is 2.84 bits per heavy atom. The maximum atomic E-state index is 6.29. The van der Waals surface area contributed by atoms with Gasteiger partial charge in [-0.25, -0.2) is 0 Å². The normalized spacial score (nSPS) is 21.3. The Morgan fingerprint density at radius 2 is 2.21 bits per heavy atom. The van der Waals surface area contributed by atoms with Gasteiger partial charge in [0.1, 0.15) is 0 Å². The molecule has 1 aliphatic rings. The minimum Gasteiger partial charge on any atom is -0.313 e. The Labute approximate surface area is 130 Å². The molecule has 0 radical (unpaired) electrons. The van der Waals surface area contributed by atoms with Crippen molar-refractivity contribution in [3.05, 3.63) is 33.8 Å². The molecule has 1 heterocycles. The van der Waals surface area contributed by atoms with Gasteiger partial charge in [0, 0.05) is 21.3 Å². The zero-order chi connectivity index (χ0) is 13.7. The lowest BCUT2D eigenvalue weighted by Gasteiger charge is -2.30. The van der Waals surface area contributed by atoms with Crippen LogP contribution in [0.1, 0.15) is 31.7 Å². The second kappa shape index (κ2) is 7.78. The lowest BCUT2D eigenvalue weighted by molar-refractivity contribution is 0.472. The SMILES string of the molecule is CCNC(Cc1ccc(Cl)cc1Cl)C1CCCCS1. The molecule has 2 rings (SSSR count). The minimum absolute atomic E-state index is 0.508. The quantitative estimate of drug-likeness (QED) is 0.837. The molecule has 4 heteroatoms. The fourth-order valence-corrected chi connectivity index (χ4v) is 4.52. The van der Waals surface area contributed by atoms with Crippen molar-refractivity contribution < 1.29 is 0 Å². The molecule has 106 valence electrons. The van der Waals surface area contributed by atoms with Gasteiger partial charge in [0.25, 0.3) is 0 Å². The molecule has 0 amide bonds. The summed E-state index contributed by atoms with van der Waals surface area (Å²) in [5, 5.41) is 5.84. The molecule has 1 saturated heterocycles. The number of nitrogens with one attached hydrogen (secondary N) is 1. The van der Waals surface area contributed by atoms with Crippen LogP contribution in [0.25, 0.3) is 0 Å². The van der Waals surface area contributed by atoms with E-state index in [4.69, 9.17) is 23.2 Å². The van der Waals surface area contributed by atoms with Crippen LogP contribution in [-0.2, 0) is 6.42 Å². The summed E-state index contributed by atoms with van der Waals surface area (Å²) in [4.78, 5) is 0. The smallest absolute Gasteiger partial charge is 0.0453 e. The van der Waals surface area contributed by atoms with Crippen molar-refractivity contribution in [1.82, 2.24) is 5.32 Å². The molecule has 19 heavy (non-hydrogen) atoms. The Morgan fingerprint density at radius 1 is 1.37 bits per heavy atom. The van der Waals surface area contributed by atoms with Crippen LogP contribution >= 0.6 is 35.0 Å². The Hall–Kier alpha value is 0.110. The number of hydrogen-bond donors (Lipinski definition) is 1. The van der Waals surface area contributed by atoms with E-state index >= 15 is 0 Å². The number of halogens is 2. The minimum atomic E-state index is 0.508. The third-order valence-electron chi connectivity index (χ3n) is 3.58. The zero-order valence-corrected chi connectivity index (χ0v) is 13.6. The number of hydrogen-bond acceptors (Lipinski definition) is 2. The van der Waals surface area contributed by atoms with Crippen LogP contribution < -0.4 is 5.32 Å². The summed E-state index contributed by atoms with van der Waals surface area (Å²) in [6.07, 6.45) is 5.02. The first kappa shape index (κ1) is 15.5. The third kappa shape index (κ3) is 4.56. The van der Waals surface area contributed by atoms with Gasteiger partial charge in [0.15, 0.2) is 0 Å². The van der Waals surface area contributed by atoms with E-state index in [1.54, 1.807) is 0 Å². The average Bonchev–Trinajstić information content (AvgIpc) is 2.42. The standard InChI is InChI=1S/C15H21Cl2NS/c1-2-18-14(15-5-3-4-8-19-15)9-11-6-7-12(16)10-13(11)17/h6-7,10,14-15,18H,2-5,8-9H2,1H3. The van der Waals surface area contributed by atoms with Crippen molar-refractivity contribution in [2.75, 3.05) is 12.3 Å². The van der Waals surface area contributed by atoms with Crippen LogP contribution in [0.15, 0.2) is 18.2 Å². The van der Waals surface area contributed by atoms with E-state index in [1.807, 2.05) is 12.1 Å². The molecule has 0 saturated carbocycles. The molecule has 2 unspecified atom stereocenters. The lowest BCUT2D eigenvalue weighted by Crippen LogP contribution is -2.41. The third-order valence-corrected chi connectivity index (χ3v) is 5.69. The second-order valence-corrected chi connectivity index (χ2v) is 7.20. The van der Waals surface area contributed by atoms with E-state index in [2.05, 4.69) is 30.1 Å². The van der Waals surface area contributed by atoms with Crippen molar-refractivity contribution in [2.45, 2.75) is 43.9 Å². The van der Waals surface area contributed by atoms with Gasteiger partial charge >= 0.3 is 0 Å². The van der Waals surface area contributed by atoms with Crippen LogP contribution in [0.5, 0.6) is 0 Å². The summed E-state index contributed by atoms with van der Waals surface area (Å²) < 4.78 is 0. The molecule has 1 aromatic carbocycles. The van der Waals surface area contributed by atoms with E-state index in [1.165, 1.54) is 30.6 Å². The van der Waals surface area contributed by atoms with Crippen LogP contribution in [0.3, 0.4) is 0 Å². The molecule has 0 bridgehead atoms. The van der Waals surface area contributed by atoms with Gasteiger partial charge in [-0.1, -0.05) is 42.6 Å². The number of thioether (sulfide) groups is 1. The average molecular weight is 318 g/mol.